The van der Waals surface area contributed by atoms with Gasteiger partial charge in [-0.1, -0.05) is 0 Å². The van der Waals surface area contributed by atoms with Crippen molar-refractivity contribution in [2.45, 2.75) is 0 Å². The van der Waals surface area contributed by atoms with E-state index in [0.717, 1.165) is 5.19 Å². The first-order chi connectivity index (χ1) is 2.30. The molecule has 2 atom stereocenters. The zero-order chi connectivity index (χ0) is 3.86. The van der Waals surface area contributed by atoms with Gasteiger partial charge in [-0.15, -0.1) is 0 Å². The first-order valence-electron chi connectivity index (χ1n) is 1.21. The van der Waals surface area contributed by atoms with Crippen molar-refractivity contribution in [3.8, 4) is 0 Å². The van der Waals surface area contributed by atoms with Crippen LogP contribution in [0.4, 0.5) is 0 Å². The number of hydrogen-bond acceptors (Lipinski definition) is 2. The first kappa shape index (κ1) is 3.67. The standard InChI is InChI=1S/CH4N2P2/c2-1-4-5(1)3/h2,4H,3H2. The lowest BCUT2D eigenvalue weighted by Gasteiger charge is -1.58. The molecule has 1 fully saturated rings. The van der Waals surface area contributed by atoms with Crippen LogP contribution >= 0.6 is 16.0 Å². The minimum atomic E-state index is -0.320. The summed E-state index contributed by atoms with van der Waals surface area (Å²) in [7, 11) is 0.386. The van der Waals surface area contributed by atoms with Crippen LogP contribution in [0.5, 0.6) is 0 Å². The van der Waals surface area contributed by atoms with E-state index in [9.17, 15) is 0 Å². The van der Waals surface area contributed by atoms with Gasteiger partial charge in [-0.25, -0.2) is 0 Å². The number of nitrogens with two attached hydrogens (primary N) is 1. The molecule has 0 aromatic carbocycles. The molecule has 28 valence electrons. The van der Waals surface area contributed by atoms with Crippen LogP contribution in [0.1, 0.15) is 0 Å². The van der Waals surface area contributed by atoms with Crippen molar-refractivity contribution in [3.63, 3.8) is 0 Å². The Balaban J connectivity index is 2.47. The lowest BCUT2D eigenvalue weighted by molar-refractivity contribution is 1.59. The average Bonchev–Trinajstić information content (AvgIpc) is 1.79. The summed E-state index contributed by atoms with van der Waals surface area (Å²) in [6, 6.07) is 0. The van der Waals surface area contributed by atoms with Crippen molar-refractivity contribution < 1.29 is 0 Å². The highest BCUT2D eigenvalue weighted by atomic mass is 32.1. The molecular formula is CH4N2P2. The van der Waals surface area contributed by atoms with Gasteiger partial charge in [0, 0.05) is 7.76 Å². The fourth-order valence-corrected chi connectivity index (χ4v) is 1.32. The largest absolute Gasteiger partial charge is 0.301 e. The Morgan fingerprint density at radius 1 is 2.00 bits per heavy atom. The van der Waals surface area contributed by atoms with E-state index in [0.29, 0.717) is 8.27 Å². The summed E-state index contributed by atoms with van der Waals surface area (Å²) in [5.74, 6) is 0. The van der Waals surface area contributed by atoms with E-state index < -0.39 is 0 Å². The second kappa shape index (κ2) is 0.975. The smallest absolute Gasteiger partial charge is 0.0762 e. The number of hydrogen-bond donors (Lipinski definition) is 2. The Bertz CT molecular complexity index is 70.0. The van der Waals surface area contributed by atoms with Crippen LogP contribution in [0, 0.1) is 5.41 Å². The van der Waals surface area contributed by atoms with Crippen molar-refractivity contribution in [2.75, 3.05) is 0 Å². The number of nitrogens with one attached hydrogen (secondary N) is 1. The van der Waals surface area contributed by atoms with Crippen LogP contribution in [0.3, 0.4) is 0 Å². The van der Waals surface area contributed by atoms with Crippen molar-refractivity contribution >= 4 is 21.2 Å². The molecule has 5 heavy (non-hydrogen) atoms. The van der Waals surface area contributed by atoms with Gasteiger partial charge in [0.25, 0.3) is 0 Å². The van der Waals surface area contributed by atoms with E-state index in [2.05, 4.69) is 0 Å². The monoisotopic (exact) mass is 106 g/mol. The molecule has 0 aliphatic carbocycles. The van der Waals surface area contributed by atoms with Crippen LogP contribution in [-0.2, 0) is 0 Å². The molecule has 1 heterocycles. The molecule has 3 N–H and O–H groups in total. The summed E-state index contributed by atoms with van der Waals surface area (Å²) < 4.78 is 0. The molecule has 0 bridgehead atoms. The van der Waals surface area contributed by atoms with E-state index in [1.54, 1.807) is 0 Å². The van der Waals surface area contributed by atoms with E-state index in [-0.39, 0.29) is 7.76 Å². The molecule has 0 aromatic heterocycles. The van der Waals surface area contributed by atoms with Crippen LogP contribution in [0.25, 0.3) is 0 Å². The summed E-state index contributed by atoms with van der Waals surface area (Å²) >= 11 is 0. The zero-order valence-corrected chi connectivity index (χ0v) is 4.42. The topological polar surface area (TPSA) is 49.9 Å². The fourth-order valence-electron chi connectivity index (χ4n) is 0.0891. The summed E-state index contributed by atoms with van der Waals surface area (Å²) in [6.45, 7) is 0. The van der Waals surface area contributed by atoms with E-state index in [1.165, 1.54) is 0 Å². The third kappa shape index (κ3) is 0.661. The van der Waals surface area contributed by atoms with E-state index in [4.69, 9.17) is 10.9 Å². The lowest BCUT2D eigenvalue weighted by atomic mass is 11.7. The van der Waals surface area contributed by atoms with Gasteiger partial charge in [0.15, 0.2) is 0 Å². The van der Waals surface area contributed by atoms with Gasteiger partial charge < -0.3 is 5.50 Å². The first-order valence-corrected chi connectivity index (χ1v) is 4.46. The minimum absolute atomic E-state index is 0.320. The molecule has 2 unspecified atom stereocenters. The predicted molar refractivity (Wildman–Crippen MR) is 27.1 cm³/mol. The molecule has 1 aliphatic rings. The predicted octanol–water partition coefficient (Wildman–Crippen LogP) is 0.884. The SMILES string of the molecule is N=C1PP1N. The quantitative estimate of drug-likeness (QED) is 0.442. The van der Waals surface area contributed by atoms with Gasteiger partial charge >= 0.3 is 0 Å². The Hall–Kier alpha value is 0.490. The van der Waals surface area contributed by atoms with Gasteiger partial charge in [-0.2, -0.15) is 0 Å². The average molecular weight is 106 g/mol. The van der Waals surface area contributed by atoms with Crippen molar-refractivity contribution in [1.82, 2.24) is 0 Å². The van der Waals surface area contributed by atoms with Crippen LogP contribution < -0.4 is 5.50 Å². The molecule has 1 saturated heterocycles. The number of rotatable bonds is 0. The molecule has 4 heteroatoms. The summed E-state index contributed by atoms with van der Waals surface area (Å²) in [5.41, 5.74) is 5.22. The third-order valence-corrected chi connectivity index (χ3v) is 3.37. The zero-order valence-electron chi connectivity index (χ0n) is 2.52. The molecule has 2 nitrogen and oxygen atoms in total. The Kier molecular flexibility index (Phi) is 0.716. The van der Waals surface area contributed by atoms with E-state index >= 15 is 0 Å². The highest BCUT2D eigenvalue weighted by Gasteiger charge is 2.24. The van der Waals surface area contributed by atoms with Crippen molar-refractivity contribution in [2.24, 2.45) is 5.50 Å². The maximum Gasteiger partial charge on any atom is 0.0762 e. The van der Waals surface area contributed by atoms with E-state index in [1.807, 2.05) is 0 Å². The van der Waals surface area contributed by atoms with Crippen LogP contribution in [0.15, 0.2) is 0 Å². The van der Waals surface area contributed by atoms with Gasteiger partial charge in [0.2, 0.25) is 0 Å². The highest BCUT2D eigenvalue weighted by Crippen LogP contribution is 2.72. The maximum atomic E-state index is 6.73. The molecule has 0 spiro atoms. The minimum Gasteiger partial charge on any atom is -0.301 e. The Labute approximate surface area is 33.1 Å². The second-order valence-corrected chi connectivity index (χ2v) is 5.28. The third-order valence-electron chi connectivity index (χ3n) is 0.417. The summed E-state index contributed by atoms with van der Waals surface area (Å²) in [6.07, 6.45) is 0. The normalized spacial score (nSPS) is 39.4. The molecular weight excluding hydrogens is 102 g/mol. The van der Waals surface area contributed by atoms with Crippen LogP contribution in [-0.4, -0.2) is 5.19 Å². The Morgan fingerprint density at radius 2 is 2.20 bits per heavy atom. The van der Waals surface area contributed by atoms with Gasteiger partial charge in [0.1, 0.15) is 0 Å². The van der Waals surface area contributed by atoms with Gasteiger partial charge in [-0.05, 0) is 8.27 Å². The highest BCUT2D eigenvalue weighted by molar-refractivity contribution is 8.57. The van der Waals surface area contributed by atoms with Crippen molar-refractivity contribution in [3.05, 3.63) is 0 Å². The van der Waals surface area contributed by atoms with Crippen molar-refractivity contribution in [1.29, 1.82) is 5.41 Å². The molecule has 0 saturated carbocycles. The summed E-state index contributed by atoms with van der Waals surface area (Å²) in [4.78, 5) is 0. The molecule has 0 amide bonds. The summed E-state index contributed by atoms with van der Waals surface area (Å²) in [5, 5.41) is 7.52. The molecule has 1 rings (SSSR count). The second-order valence-electron chi connectivity index (χ2n) is 0.830. The molecule has 0 aromatic rings. The molecule has 1 aliphatic heterocycles. The van der Waals surface area contributed by atoms with Gasteiger partial charge in [-0.3, -0.25) is 5.41 Å². The maximum absolute atomic E-state index is 6.73. The fraction of sp³-hybridized carbons (Fsp3) is 0. The van der Waals surface area contributed by atoms with Crippen LogP contribution in [0.2, 0.25) is 0 Å². The van der Waals surface area contributed by atoms with Gasteiger partial charge in [0.05, 0.1) is 5.19 Å². The Morgan fingerprint density at radius 3 is 2.20 bits per heavy atom. The molecule has 0 radical (unpaired) electrons. The lowest BCUT2D eigenvalue weighted by Crippen LogP contribution is -1.65.